The molecule has 0 atom stereocenters. The lowest BCUT2D eigenvalue weighted by Crippen LogP contribution is -2.18. The highest BCUT2D eigenvalue weighted by Crippen LogP contribution is 2.23. The highest BCUT2D eigenvalue weighted by Gasteiger charge is 2.12. The van der Waals surface area contributed by atoms with Gasteiger partial charge in [0.05, 0.1) is 18.7 Å². The number of methoxy groups -OCH3 is 1. The Kier molecular flexibility index (Phi) is 3.43. The minimum atomic E-state index is 0.734. The van der Waals surface area contributed by atoms with E-state index in [2.05, 4.69) is 26.0 Å². The minimum Gasteiger partial charge on any atom is -0.497 e. The summed E-state index contributed by atoms with van der Waals surface area (Å²) in [7, 11) is 5.56. The molecule has 3 aromatic rings. The van der Waals surface area contributed by atoms with Crippen molar-refractivity contribution in [3.63, 3.8) is 0 Å². The molecule has 0 fully saturated rings. The van der Waals surface area contributed by atoms with Gasteiger partial charge in [0.15, 0.2) is 5.65 Å². The Bertz CT molecular complexity index is 768. The van der Waals surface area contributed by atoms with Gasteiger partial charge in [-0.15, -0.1) is 0 Å². The van der Waals surface area contributed by atoms with Gasteiger partial charge in [0.2, 0.25) is 0 Å². The second-order valence-electron chi connectivity index (χ2n) is 4.91. The van der Waals surface area contributed by atoms with Crippen LogP contribution in [0.3, 0.4) is 0 Å². The molecule has 0 bridgehead atoms. The van der Waals surface area contributed by atoms with Gasteiger partial charge in [-0.3, -0.25) is 4.68 Å². The first-order valence-corrected chi connectivity index (χ1v) is 6.66. The first kappa shape index (κ1) is 13.4. The van der Waals surface area contributed by atoms with E-state index in [1.165, 1.54) is 0 Å². The molecule has 21 heavy (non-hydrogen) atoms. The zero-order valence-electron chi connectivity index (χ0n) is 12.3. The van der Waals surface area contributed by atoms with Crippen LogP contribution in [0.15, 0.2) is 36.8 Å². The molecule has 0 spiro atoms. The van der Waals surface area contributed by atoms with Crippen molar-refractivity contribution in [2.75, 3.05) is 19.1 Å². The summed E-state index contributed by atoms with van der Waals surface area (Å²) in [5.41, 5.74) is 1.99. The van der Waals surface area contributed by atoms with Gasteiger partial charge < -0.3 is 9.64 Å². The number of fused-ring (bicyclic) bond motifs is 1. The van der Waals surface area contributed by atoms with E-state index in [1.807, 2.05) is 32.3 Å². The molecule has 2 heterocycles. The van der Waals surface area contributed by atoms with Gasteiger partial charge in [0, 0.05) is 20.6 Å². The maximum atomic E-state index is 5.26. The van der Waals surface area contributed by atoms with E-state index < -0.39 is 0 Å². The molecule has 3 rings (SSSR count). The van der Waals surface area contributed by atoms with Gasteiger partial charge in [0.1, 0.15) is 17.9 Å². The molecule has 0 aliphatic rings. The predicted octanol–water partition coefficient (Wildman–Crippen LogP) is 2.01. The first-order chi connectivity index (χ1) is 10.2. The maximum absolute atomic E-state index is 5.26. The normalized spacial score (nSPS) is 10.8. The van der Waals surface area contributed by atoms with Gasteiger partial charge in [-0.25, -0.2) is 9.97 Å². The van der Waals surface area contributed by atoms with Crippen LogP contribution in [-0.4, -0.2) is 33.9 Å². The lowest BCUT2D eigenvalue weighted by atomic mass is 10.2. The van der Waals surface area contributed by atoms with Crippen molar-refractivity contribution >= 4 is 16.9 Å². The van der Waals surface area contributed by atoms with E-state index in [4.69, 9.17) is 4.74 Å². The molecule has 0 aliphatic heterocycles. The van der Waals surface area contributed by atoms with E-state index >= 15 is 0 Å². The molecule has 0 saturated heterocycles. The van der Waals surface area contributed by atoms with Crippen molar-refractivity contribution < 1.29 is 4.74 Å². The number of benzene rings is 1. The van der Waals surface area contributed by atoms with E-state index in [1.54, 1.807) is 24.3 Å². The first-order valence-electron chi connectivity index (χ1n) is 6.66. The predicted molar refractivity (Wildman–Crippen MR) is 81.4 cm³/mol. The Labute approximate surface area is 123 Å². The summed E-state index contributed by atoms with van der Waals surface area (Å²) in [6.45, 7) is 0.734. The van der Waals surface area contributed by atoms with Crippen LogP contribution < -0.4 is 9.64 Å². The molecule has 0 aliphatic carbocycles. The lowest BCUT2D eigenvalue weighted by molar-refractivity contribution is 0.414. The fourth-order valence-electron chi connectivity index (χ4n) is 2.37. The van der Waals surface area contributed by atoms with Crippen LogP contribution in [0.25, 0.3) is 11.0 Å². The third-order valence-electron chi connectivity index (χ3n) is 3.42. The highest BCUT2D eigenvalue weighted by molar-refractivity contribution is 5.86. The Morgan fingerprint density at radius 3 is 2.95 bits per heavy atom. The molecule has 6 heteroatoms. The second-order valence-corrected chi connectivity index (χ2v) is 4.91. The fourth-order valence-corrected chi connectivity index (χ4v) is 2.37. The molecular formula is C15H17N5O. The standard InChI is InChI=1S/C15H17N5O/c1-19(9-11-5-4-6-12(7-11)21-3)14-13-8-18-20(2)15(13)17-10-16-14/h4-8,10H,9H2,1-3H3. The number of hydrogen-bond donors (Lipinski definition) is 0. The van der Waals surface area contributed by atoms with E-state index in [-0.39, 0.29) is 0 Å². The van der Waals surface area contributed by atoms with Crippen LogP contribution >= 0.6 is 0 Å². The van der Waals surface area contributed by atoms with Gasteiger partial charge in [-0.1, -0.05) is 12.1 Å². The number of aryl methyl sites for hydroxylation is 1. The Hall–Kier alpha value is -2.63. The summed E-state index contributed by atoms with van der Waals surface area (Å²) in [6, 6.07) is 8.02. The quantitative estimate of drug-likeness (QED) is 0.733. The van der Waals surface area contributed by atoms with Gasteiger partial charge in [0.25, 0.3) is 0 Å². The minimum absolute atomic E-state index is 0.734. The monoisotopic (exact) mass is 283 g/mol. The van der Waals surface area contributed by atoms with Gasteiger partial charge in [-0.05, 0) is 17.7 Å². The summed E-state index contributed by atoms with van der Waals surface area (Å²) in [5, 5.41) is 5.19. The van der Waals surface area contributed by atoms with Crippen LogP contribution in [0.2, 0.25) is 0 Å². The SMILES string of the molecule is COc1cccc(CN(C)c2ncnc3c2cnn3C)c1. The fraction of sp³-hybridized carbons (Fsp3) is 0.267. The van der Waals surface area contributed by atoms with Crippen molar-refractivity contribution in [2.45, 2.75) is 6.54 Å². The van der Waals surface area contributed by atoms with Crippen LogP contribution in [-0.2, 0) is 13.6 Å². The number of rotatable bonds is 4. The average molecular weight is 283 g/mol. The molecule has 0 unspecified atom stereocenters. The number of anilines is 1. The Morgan fingerprint density at radius 1 is 1.29 bits per heavy atom. The largest absolute Gasteiger partial charge is 0.497 e. The summed E-state index contributed by atoms with van der Waals surface area (Å²) in [6.07, 6.45) is 3.37. The van der Waals surface area contributed by atoms with Crippen molar-refractivity contribution in [3.8, 4) is 5.75 Å². The maximum Gasteiger partial charge on any atom is 0.163 e. The molecule has 0 N–H and O–H groups in total. The number of nitrogens with zero attached hydrogens (tertiary/aromatic N) is 5. The molecule has 2 aromatic heterocycles. The smallest absolute Gasteiger partial charge is 0.163 e. The average Bonchev–Trinajstić information content (AvgIpc) is 2.89. The second kappa shape index (κ2) is 5.40. The molecular weight excluding hydrogens is 266 g/mol. The Morgan fingerprint density at radius 2 is 2.14 bits per heavy atom. The number of aromatic nitrogens is 4. The zero-order valence-corrected chi connectivity index (χ0v) is 12.3. The van der Waals surface area contributed by atoms with Crippen molar-refractivity contribution in [1.82, 2.24) is 19.7 Å². The van der Waals surface area contributed by atoms with E-state index in [0.29, 0.717) is 0 Å². The topological polar surface area (TPSA) is 56.1 Å². The van der Waals surface area contributed by atoms with Gasteiger partial charge in [-0.2, -0.15) is 5.10 Å². The lowest BCUT2D eigenvalue weighted by Gasteiger charge is -2.19. The third kappa shape index (κ3) is 2.52. The van der Waals surface area contributed by atoms with Crippen molar-refractivity contribution in [3.05, 3.63) is 42.4 Å². The summed E-state index contributed by atoms with van der Waals surface area (Å²) >= 11 is 0. The molecule has 0 radical (unpaired) electrons. The summed E-state index contributed by atoms with van der Waals surface area (Å²) in [4.78, 5) is 10.7. The third-order valence-corrected chi connectivity index (χ3v) is 3.42. The van der Waals surface area contributed by atoms with Crippen LogP contribution in [0.5, 0.6) is 5.75 Å². The van der Waals surface area contributed by atoms with Gasteiger partial charge >= 0.3 is 0 Å². The molecule has 6 nitrogen and oxygen atoms in total. The molecule has 0 amide bonds. The van der Waals surface area contributed by atoms with Crippen LogP contribution in [0.1, 0.15) is 5.56 Å². The molecule has 0 saturated carbocycles. The van der Waals surface area contributed by atoms with Crippen LogP contribution in [0.4, 0.5) is 5.82 Å². The Balaban J connectivity index is 1.91. The molecule has 108 valence electrons. The summed E-state index contributed by atoms with van der Waals surface area (Å²) in [5.74, 6) is 1.73. The van der Waals surface area contributed by atoms with Crippen LogP contribution in [0, 0.1) is 0 Å². The molecule has 1 aromatic carbocycles. The van der Waals surface area contributed by atoms with E-state index in [0.717, 1.165) is 34.7 Å². The highest BCUT2D eigenvalue weighted by atomic mass is 16.5. The summed E-state index contributed by atoms with van der Waals surface area (Å²) < 4.78 is 7.01. The number of hydrogen-bond acceptors (Lipinski definition) is 5. The van der Waals surface area contributed by atoms with Crippen molar-refractivity contribution in [1.29, 1.82) is 0 Å². The van der Waals surface area contributed by atoms with E-state index in [9.17, 15) is 0 Å². The van der Waals surface area contributed by atoms with Crippen molar-refractivity contribution in [2.24, 2.45) is 7.05 Å². The zero-order chi connectivity index (χ0) is 14.8. The number of ether oxygens (including phenoxy) is 1.